The first kappa shape index (κ1) is 15.5. The molecule has 1 rings (SSSR count). The lowest BCUT2D eigenvalue weighted by atomic mass is 9.74. The molecule has 0 bridgehead atoms. The van der Waals surface area contributed by atoms with Gasteiger partial charge in [0.25, 0.3) is 0 Å². The van der Waals surface area contributed by atoms with Gasteiger partial charge in [-0.3, -0.25) is 4.79 Å². The van der Waals surface area contributed by atoms with E-state index in [2.05, 4.69) is 13.8 Å². The van der Waals surface area contributed by atoms with Gasteiger partial charge in [0.15, 0.2) is 0 Å². The van der Waals surface area contributed by atoms with Crippen molar-refractivity contribution in [2.24, 2.45) is 11.8 Å². The highest BCUT2D eigenvalue weighted by molar-refractivity contribution is 5.72. The summed E-state index contributed by atoms with van der Waals surface area (Å²) in [6.07, 6.45) is 9.19. The average Bonchev–Trinajstić information content (AvgIpc) is 2.44. The van der Waals surface area contributed by atoms with E-state index in [-0.39, 0.29) is 17.5 Å². The van der Waals surface area contributed by atoms with Crippen LogP contribution in [0.1, 0.15) is 79.1 Å². The summed E-state index contributed by atoms with van der Waals surface area (Å²) in [5.41, 5.74) is -0.194. The number of carbonyl (C=O) groups is 1. The van der Waals surface area contributed by atoms with E-state index in [9.17, 15) is 4.79 Å². The van der Waals surface area contributed by atoms with Gasteiger partial charge in [0.1, 0.15) is 5.60 Å². The van der Waals surface area contributed by atoms with E-state index in [1.807, 2.05) is 13.8 Å². The fourth-order valence-electron chi connectivity index (χ4n) is 3.15. The third-order valence-corrected chi connectivity index (χ3v) is 4.86. The van der Waals surface area contributed by atoms with Crippen LogP contribution < -0.4 is 0 Å². The van der Waals surface area contributed by atoms with Crippen LogP contribution in [0.15, 0.2) is 0 Å². The highest BCUT2D eigenvalue weighted by atomic mass is 16.6. The van der Waals surface area contributed by atoms with Gasteiger partial charge in [0.2, 0.25) is 0 Å². The second-order valence-electron chi connectivity index (χ2n) is 5.84. The summed E-state index contributed by atoms with van der Waals surface area (Å²) in [6, 6.07) is 0. The second kappa shape index (κ2) is 7.16. The lowest BCUT2D eigenvalue weighted by molar-refractivity contribution is -0.174. The van der Waals surface area contributed by atoms with Gasteiger partial charge in [-0.05, 0) is 38.0 Å². The van der Waals surface area contributed by atoms with Crippen molar-refractivity contribution in [2.75, 3.05) is 0 Å². The Labute approximate surface area is 112 Å². The topological polar surface area (TPSA) is 26.3 Å². The Morgan fingerprint density at radius 1 is 1.17 bits per heavy atom. The molecule has 0 aliphatic heterocycles. The molecule has 0 aromatic heterocycles. The number of hydrogen-bond acceptors (Lipinski definition) is 2. The third-order valence-electron chi connectivity index (χ3n) is 4.86. The zero-order chi connectivity index (χ0) is 13.6. The third kappa shape index (κ3) is 3.49. The first-order valence-corrected chi connectivity index (χ1v) is 7.82. The molecule has 0 radical (unpaired) electrons. The summed E-state index contributed by atoms with van der Waals surface area (Å²) in [7, 11) is 0. The van der Waals surface area contributed by atoms with Crippen molar-refractivity contribution < 1.29 is 9.53 Å². The normalized spacial score (nSPS) is 19.6. The Hall–Kier alpha value is -0.530. The molecule has 0 N–H and O–H groups in total. The van der Waals surface area contributed by atoms with Gasteiger partial charge in [-0.2, -0.15) is 0 Å². The highest BCUT2D eigenvalue weighted by Gasteiger charge is 2.40. The van der Waals surface area contributed by atoms with Crippen LogP contribution in [0.2, 0.25) is 0 Å². The summed E-state index contributed by atoms with van der Waals surface area (Å²) in [5.74, 6) is 0.618. The monoisotopic (exact) mass is 254 g/mol. The number of hydrogen-bond donors (Lipinski definition) is 0. The second-order valence-corrected chi connectivity index (χ2v) is 5.84. The highest BCUT2D eigenvalue weighted by Crippen LogP contribution is 2.40. The minimum Gasteiger partial charge on any atom is -0.459 e. The van der Waals surface area contributed by atoms with Crippen LogP contribution >= 0.6 is 0 Å². The minimum absolute atomic E-state index is 0.00627. The zero-order valence-electron chi connectivity index (χ0n) is 12.6. The van der Waals surface area contributed by atoms with Gasteiger partial charge in [0, 0.05) is 0 Å². The Morgan fingerprint density at radius 2 is 1.72 bits per heavy atom. The van der Waals surface area contributed by atoms with Gasteiger partial charge < -0.3 is 4.74 Å². The molecule has 1 unspecified atom stereocenters. The molecule has 0 spiro atoms. The van der Waals surface area contributed by atoms with Crippen LogP contribution in [0, 0.1) is 11.8 Å². The summed E-state index contributed by atoms with van der Waals surface area (Å²) in [4.78, 5) is 12.1. The van der Waals surface area contributed by atoms with Crippen LogP contribution in [0.5, 0.6) is 0 Å². The molecule has 0 aromatic rings. The number of rotatable bonds is 6. The molecule has 2 heteroatoms. The molecule has 1 atom stereocenters. The van der Waals surface area contributed by atoms with Crippen molar-refractivity contribution in [3.63, 3.8) is 0 Å². The van der Waals surface area contributed by atoms with E-state index in [0.29, 0.717) is 5.92 Å². The van der Waals surface area contributed by atoms with Crippen LogP contribution in [0.25, 0.3) is 0 Å². The maximum Gasteiger partial charge on any atom is 0.309 e. The van der Waals surface area contributed by atoms with Crippen molar-refractivity contribution >= 4 is 5.97 Å². The fraction of sp³-hybridized carbons (Fsp3) is 0.938. The van der Waals surface area contributed by atoms with Gasteiger partial charge in [-0.25, -0.2) is 0 Å². The lowest BCUT2D eigenvalue weighted by Crippen LogP contribution is -2.43. The van der Waals surface area contributed by atoms with E-state index in [4.69, 9.17) is 4.74 Å². The predicted octanol–water partition coefficient (Wildman–Crippen LogP) is 4.71. The van der Waals surface area contributed by atoms with Crippen LogP contribution in [-0.2, 0) is 9.53 Å². The van der Waals surface area contributed by atoms with Crippen LogP contribution in [-0.4, -0.2) is 11.6 Å². The molecule has 0 heterocycles. The Kier molecular flexibility index (Phi) is 6.17. The standard InChI is InChI=1S/C16H30O2/c1-5-13(4)15(17)18-16(6-2,7-3)14-11-9-8-10-12-14/h13-14H,5-12H2,1-4H3. The molecule has 1 saturated carbocycles. The van der Waals surface area contributed by atoms with Crippen molar-refractivity contribution in [3.05, 3.63) is 0 Å². The minimum atomic E-state index is -0.194. The van der Waals surface area contributed by atoms with E-state index in [1.165, 1.54) is 32.1 Å². The van der Waals surface area contributed by atoms with Crippen molar-refractivity contribution in [1.82, 2.24) is 0 Å². The molecular formula is C16H30O2. The van der Waals surface area contributed by atoms with E-state index in [0.717, 1.165) is 19.3 Å². The molecule has 1 aliphatic rings. The molecular weight excluding hydrogens is 224 g/mol. The maximum atomic E-state index is 12.1. The van der Waals surface area contributed by atoms with Crippen LogP contribution in [0.4, 0.5) is 0 Å². The maximum absolute atomic E-state index is 12.1. The van der Waals surface area contributed by atoms with Gasteiger partial charge in [-0.1, -0.05) is 47.0 Å². The van der Waals surface area contributed by atoms with E-state index in [1.54, 1.807) is 0 Å². The Balaban J connectivity index is 2.75. The molecule has 1 fully saturated rings. The first-order valence-electron chi connectivity index (χ1n) is 7.82. The number of carbonyl (C=O) groups excluding carboxylic acids is 1. The predicted molar refractivity (Wildman–Crippen MR) is 75.4 cm³/mol. The largest absolute Gasteiger partial charge is 0.459 e. The summed E-state index contributed by atoms with van der Waals surface area (Å²) < 4.78 is 5.99. The summed E-state index contributed by atoms with van der Waals surface area (Å²) in [6.45, 7) is 8.36. The molecule has 0 amide bonds. The number of esters is 1. The smallest absolute Gasteiger partial charge is 0.309 e. The molecule has 2 nitrogen and oxygen atoms in total. The first-order chi connectivity index (χ1) is 8.59. The molecule has 0 saturated heterocycles. The van der Waals surface area contributed by atoms with Crippen LogP contribution in [0.3, 0.4) is 0 Å². The van der Waals surface area contributed by atoms with Crippen molar-refractivity contribution in [3.8, 4) is 0 Å². The summed E-state index contributed by atoms with van der Waals surface area (Å²) >= 11 is 0. The Bertz CT molecular complexity index is 250. The zero-order valence-corrected chi connectivity index (χ0v) is 12.6. The van der Waals surface area contributed by atoms with Gasteiger partial charge in [-0.15, -0.1) is 0 Å². The molecule has 0 aromatic carbocycles. The summed E-state index contributed by atoms with van der Waals surface area (Å²) in [5, 5.41) is 0. The number of ether oxygens (including phenoxy) is 1. The molecule has 106 valence electrons. The van der Waals surface area contributed by atoms with Crippen molar-refractivity contribution in [1.29, 1.82) is 0 Å². The molecule has 1 aliphatic carbocycles. The van der Waals surface area contributed by atoms with E-state index >= 15 is 0 Å². The fourth-order valence-corrected chi connectivity index (χ4v) is 3.15. The SMILES string of the molecule is CCC(C)C(=O)OC(CC)(CC)C1CCCCC1. The van der Waals surface area contributed by atoms with E-state index < -0.39 is 0 Å². The van der Waals surface area contributed by atoms with Crippen molar-refractivity contribution in [2.45, 2.75) is 84.7 Å². The Morgan fingerprint density at radius 3 is 2.17 bits per heavy atom. The molecule has 18 heavy (non-hydrogen) atoms. The van der Waals surface area contributed by atoms with Gasteiger partial charge >= 0.3 is 5.97 Å². The quantitative estimate of drug-likeness (QED) is 0.641. The van der Waals surface area contributed by atoms with Gasteiger partial charge in [0.05, 0.1) is 5.92 Å². The lowest BCUT2D eigenvalue weighted by Gasteiger charge is -2.41. The average molecular weight is 254 g/mol.